The van der Waals surface area contributed by atoms with Gasteiger partial charge in [0, 0.05) is 12.0 Å². The van der Waals surface area contributed by atoms with Crippen LogP contribution in [0.3, 0.4) is 0 Å². The van der Waals surface area contributed by atoms with Crippen molar-refractivity contribution in [2.45, 2.75) is 31.2 Å². The molecule has 0 radical (unpaired) electrons. The van der Waals surface area contributed by atoms with Gasteiger partial charge >= 0.3 is 0 Å². The maximum Gasteiger partial charge on any atom is 0.233 e. The Hall–Kier alpha value is -1.73. The van der Waals surface area contributed by atoms with E-state index in [-0.39, 0.29) is 29.0 Å². The molecule has 4 N–H and O–H groups in total. The molecule has 1 fully saturated rings. The summed E-state index contributed by atoms with van der Waals surface area (Å²) in [6, 6.07) is 0. The van der Waals surface area contributed by atoms with Gasteiger partial charge in [-0.3, -0.25) is 10.1 Å². The second-order valence-corrected chi connectivity index (χ2v) is 5.24. The van der Waals surface area contributed by atoms with E-state index >= 15 is 0 Å². The van der Waals surface area contributed by atoms with Crippen molar-refractivity contribution in [3.63, 3.8) is 0 Å². The molecule has 0 aromatic carbocycles. The first kappa shape index (κ1) is 12.3. The summed E-state index contributed by atoms with van der Waals surface area (Å²) in [5.74, 6) is -0.0503. The van der Waals surface area contributed by atoms with Crippen molar-refractivity contribution in [2.75, 3.05) is 5.32 Å². The van der Waals surface area contributed by atoms with Gasteiger partial charge in [-0.05, 0) is 19.3 Å². The number of nitrogens with one attached hydrogen (secondary N) is 2. The highest BCUT2D eigenvalue weighted by molar-refractivity contribution is 6.33. The predicted molar refractivity (Wildman–Crippen MR) is 70.7 cm³/mol. The van der Waals surface area contributed by atoms with E-state index in [1.165, 1.54) is 6.33 Å². The maximum absolute atomic E-state index is 11.9. The minimum Gasteiger partial charge on any atom is -0.341 e. The smallest absolute Gasteiger partial charge is 0.233 e. The zero-order valence-corrected chi connectivity index (χ0v) is 10.9. The highest BCUT2D eigenvalue weighted by Crippen LogP contribution is 2.32. The van der Waals surface area contributed by atoms with E-state index in [4.69, 9.17) is 17.3 Å². The Bertz CT molecular complexity index is 635. The van der Waals surface area contributed by atoms with Crippen LogP contribution >= 0.6 is 11.6 Å². The molecular formula is C11H13ClN6O. The molecule has 19 heavy (non-hydrogen) atoms. The van der Waals surface area contributed by atoms with Crippen LogP contribution in [0.2, 0.25) is 5.15 Å². The van der Waals surface area contributed by atoms with Gasteiger partial charge in [0.15, 0.2) is 10.8 Å². The molecule has 1 amide bonds. The van der Waals surface area contributed by atoms with Crippen molar-refractivity contribution >= 4 is 34.6 Å². The molecule has 0 bridgehead atoms. The molecule has 1 aliphatic rings. The standard InChI is InChI=1S/C11H13ClN6O/c12-8-7-9(15-5-14-7)18-10(17-8)16-6(19)4-11(13)2-1-3-11/h5H,1-4,13H2,(H2,14,15,16,17,18,19). The van der Waals surface area contributed by atoms with Gasteiger partial charge in [-0.1, -0.05) is 11.6 Å². The van der Waals surface area contributed by atoms with Crippen molar-refractivity contribution in [1.29, 1.82) is 0 Å². The molecule has 2 aromatic heterocycles. The Morgan fingerprint density at radius 2 is 2.32 bits per heavy atom. The lowest BCUT2D eigenvalue weighted by Crippen LogP contribution is -2.49. The van der Waals surface area contributed by atoms with Crippen molar-refractivity contribution in [3.05, 3.63) is 11.5 Å². The molecule has 0 aliphatic heterocycles. The number of anilines is 1. The molecule has 0 unspecified atom stereocenters. The monoisotopic (exact) mass is 280 g/mol. The zero-order valence-electron chi connectivity index (χ0n) is 10.1. The van der Waals surface area contributed by atoms with E-state index in [9.17, 15) is 4.79 Å². The number of hydrogen-bond donors (Lipinski definition) is 3. The van der Waals surface area contributed by atoms with Gasteiger partial charge in [0.25, 0.3) is 0 Å². The number of nitrogens with two attached hydrogens (primary N) is 1. The van der Waals surface area contributed by atoms with E-state index in [0.717, 1.165) is 19.3 Å². The number of fused-ring (bicyclic) bond motifs is 1. The summed E-state index contributed by atoms with van der Waals surface area (Å²) in [6.45, 7) is 0. The van der Waals surface area contributed by atoms with Crippen LogP contribution in [0, 0.1) is 0 Å². The Morgan fingerprint density at radius 1 is 1.53 bits per heavy atom. The van der Waals surface area contributed by atoms with Crippen molar-refractivity contribution in [3.8, 4) is 0 Å². The van der Waals surface area contributed by atoms with Gasteiger partial charge in [-0.25, -0.2) is 4.98 Å². The number of halogens is 1. The Morgan fingerprint density at radius 3 is 3.00 bits per heavy atom. The average Bonchev–Trinajstić information content (AvgIpc) is 2.75. The summed E-state index contributed by atoms with van der Waals surface area (Å²) in [5, 5.41) is 2.84. The van der Waals surface area contributed by atoms with Gasteiger partial charge in [0.2, 0.25) is 11.9 Å². The number of aromatic amines is 1. The van der Waals surface area contributed by atoms with Crippen molar-refractivity contribution in [1.82, 2.24) is 19.9 Å². The molecule has 3 rings (SSSR count). The Kier molecular flexibility index (Phi) is 2.87. The summed E-state index contributed by atoms with van der Waals surface area (Å²) in [4.78, 5) is 26.8. The first-order chi connectivity index (χ1) is 9.06. The van der Waals surface area contributed by atoms with Gasteiger partial charge in [0.1, 0.15) is 5.52 Å². The van der Waals surface area contributed by atoms with Gasteiger partial charge in [-0.2, -0.15) is 9.97 Å². The molecule has 100 valence electrons. The fraction of sp³-hybridized carbons (Fsp3) is 0.455. The van der Waals surface area contributed by atoms with Crippen molar-refractivity contribution < 1.29 is 4.79 Å². The molecule has 2 aromatic rings. The number of imidazole rings is 1. The normalized spacial score (nSPS) is 17.2. The minimum absolute atomic E-state index is 0.150. The quantitative estimate of drug-likeness (QED) is 0.732. The Labute approximate surface area is 114 Å². The zero-order chi connectivity index (χ0) is 13.5. The third-order valence-corrected chi connectivity index (χ3v) is 3.63. The molecule has 0 atom stereocenters. The first-order valence-corrected chi connectivity index (χ1v) is 6.39. The third-order valence-electron chi connectivity index (χ3n) is 3.35. The van der Waals surface area contributed by atoms with Crippen LogP contribution < -0.4 is 11.1 Å². The highest BCUT2D eigenvalue weighted by atomic mass is 35.5. The molecule has 1 aliphatic carbocycles. The number of H-pyrrole nitrogens is 1. The van der Waals surface area contributed by atoms with Gasteiger partial charge < -0.3 is 10.7 Å². The van der Waals surface area contributed by atoms with Crippen LogP contribution in [-0.2, 0) is 4.79 Å². The molecular weight excluding hydrogens is 268 g/mol. The number of carbonyl (C=O) groups is 1. The van der Waals surface area contributed by atoms with Crippen LogP contribution in [0.4, 0.5) is 5.95 Å². The lowest BCUT2D eigenvalue weighted by molar-refractivity contribution is -0.118. The molecule has 0 spiro atoms. The number of hydrogen-bond acceptors (Lipinski definition) is 5. The third kappa shape index (κ3) is 2.39. The fourth-order valence-electron chi connectivity index (χ4n) is 2.15. The number of amides is 1. The first-order valence-electron chi connectivity index (χ1n) is 6.01. The largest absolute Gasteiger partial charge is 0.341 e. The molecule has 7 nitrogen and oxygen atoms in total. The van der Waals surface area contributed by atoms with Crippen LogP contribution in [0.25, 0.3) is 11.2 Å². The number of nitrogens with zero attached hydrogens (tertiary/aromatic N) is 3. The second kappa shape index (κ2) is 4.43. The number of aromatic nitrogens is 4. The van der Waals surface area contributed by atoms with Crippen LogP contribution in [0.1, 0.15) is 25.7 Å². The Balaban J connectivity index is 1.75. The summed E-state index contributed by atoms with van der Waals surface area (Å²) < 4.78 is 0. The van der Waals surface area contributed by atoms with E-state index in [2.05, 4.69) is 25.3 Å². The predicted octanol–water partition coefficient (Wildman–Crippen LogP) is 1.22. The van der Waals surface area contributed by atoms with E-state index in [1.54, 1.807) is 0 Å². The number of carbonyl (C=O) groups excluding carboxylic acids is 1. The molecule has 8 heteroatoms. The SMILES string of the molecule is NC1(CC(=O)Nc2nc(Cl)c3[nH]cnc3n2)CCC1. The summed E-state index contributed by atoms with van der Waals surface area (Å²) >= 11 is 5.96. The highest BCUT2D eigenvalue weighted by Gasteiger charge is 2.34. The summed E-state index contributed by atoms with van der Waals surface area (Å²) in [7, 11) is 0. The lowest BCUT2D eigenvalue weighted by atomic mass is 9.75. The summed E-state index contributed by atoms with van der Waals surface area (Å²) in [5.41, 5.74) is 6.61. The number of rotatable bonds is 3. The molecule has 1 saturated carbocycles. The van der Waals surface area contributed by atoms with Crippen LogP contribution in [0.5, 0.6) is 0 Å². The summed E-state index contributed by atoms with van der Waals surface area (Å²) in [6.07, 6.45) is 4.57. The van der Waals surface area contributed by atoms with E-state index in [1.807, 2.05) is 0 Å². The average molecular weight is 281 g/mol. The maximum atomic E-state index is 11.9. The van der Waals surface area contributed by atoms with Crippen molar-refractivity contribution in [2.24, 2.45) is 5.73 Å². The minimum atomic E-state index is -0.371. The van der Waals surface area contributed by atoms with Gasteiger partial charge in [-0.15, -0.1) is 0 Å². The lowest BCUT2D eigenvalue weighted by Gasteiger charge is -2.37. The van der Waals surface area contributed by atoms with Gasteiger partial charge in [0.05, 0.1) is 6.33 Å². The fourth-order valence-corrected chi connectivity index (χ4v) is 2.37. The molecule has 2 heterocycles. The van der Waals surface area contributed by atoms with E-state index in [0.29, 0.717) is 11.2 Å². The van der Waals surface area contributed by atoms with Crippen LogP contribution in [-0.4, -0.2) is 31.4 Å². The molecule has 0 saturated heterocycles. The topological polar surface area (TPSA) is 110 Å². The second-order valence-electron chi connectivity index (χ2n) is 4.88. The van der Waals surface area contributed by atoms with E-state index < -0.39 is 0 Å². The van der Waals surface area contributed by atoms with Crippen LogP contribution in [0.15, 0.2) is 6.33 Å².